The Labute approximate surface area is 123 Å². The van der Waals surface area contributed by atoms with Gasteiger partial charge in [0.15, 0.2) is 0 Å². The lowest BCUT2D eigenvalue weighted by Crippen LogP contribution is -1.96. The highest BCUT2D eigenvalue weighted by molar-refractivity contribution is 6.55. The normalized spacial score (nSPS) is 11.8. The molecule has 0 bridgehead atoms. The quantitative estimate of drug-likeness (QED) is 0.444. The Kier molecular flexibility index (Phi) is 4.99. The second kappa shape index (κ2) is 5.68. The van der Waals surface area contributed by atoms with Crippen LogP contribution >= 0.6 is 58.0 Å². The molecule has 0 saturated heterocycles. The predicted octanol–water partition coefficient (Wildman–Crippen LogP) is 5.44. The Bertz CT molecular complexity index is 493. The van der Waals surface area contributed by atoms with Gasteiger partial charge in [0.2, 0.25) is 0 Å². The lowest BCUT2D eigenvalue weighted by atomic mass is 10.1. The van der Waals surface area contributed by atoms with E-state index in [0.29, 0.717) is 0 Å². The molecule has 0 aromatic heterocycles. The molecule has 0 spiro atoms. The van der Waals surface area contributed by atoms with Crippen LogP contribution in [0.25, 0.3) is 6.08 Å². The average molecular weight is 334 g/mol. The van der Waals surface area contributed by atoms with Crippen LogP contribution in [0.3, 0.4) is 0 Å². The predicted molar refractivity (Wildman–Crippen MR) is 72.8 cm³/mol. The summed E-state index contributed by atoms with van der Waals surface area (Å²) in [5.41, 5.74) is 0.274. The summed E-state index contributed by atoms with van der Waals surface area (Å²) < 4.78 is 0. The zero-order chi connectivity index (χ0) is 13.3. The number of rotatable bonds is 2. The lowest BCUT2D eigenvalue weighted by molar-refractivity contribution is -0.132. The molecular formula is C10H5Cl5O2. The van der Waals surface area contributed by atoms with E-state index in [2.05, 4.69) is 0 Å². The fraction of sp³-hybridized carbons (Fsp3) is 0.100. The van der Waals surface area contributed by atoms with Gasteiger partial charge in [-0.05, 0) is 13.0 Å². The number of carboxylic acid groups (broad SMARTS) is 1. The Morgan fingerprint density at radius 1 is 0.941 bits per heavy atom. The van der Waals surface area contributed by atoms with Crippen LogP contribution in [0.2, 0.25) is 25.1 Å². The molecule has 1 aromatic carbocycles. The Morgan fingerprint density at radius 3 is 1.65 bits per heavy atom. The first-order valence-corrected chi connectivity index (χ1v) is 6.09. The molecule has 17 heavy (non-hydrogen) atoms. The number of halogens is 5. The molecule has 0 fully saturated rings. The SMILES string of the molecule is CC(=Cc1c(Cl)c(Cl)c(Cl)c(Cl)c1Cl)C(=O)O. The van der Waals surface area contributed by atoms with Crippen LogP contribution < -0.4 is 0 Å². The van der Waals surface area contributed by atoms with Gasteiger partial charge in [-0.25, -0.2) is 4.79 Å². The average Bonchev–Trinajstić information content (AvgIpc) is 2.29. The molecule has 1 N–H and O–H groups in total. The molecule has 0 heterocycles. The number of benzene rings is 1. The van der Waals surface area contributed by atoms with Crippen molar-refractivity contribution in [3.63, 3.8) is 0 Å². The van der Waals surface area contributed by atoms with Gasteiger partial charge < -0.3 is 5.11 Å². The Hall–Kier alpha value is -0.120. The molecule has 1 rings (SSSR count). The third-order valence-electron chi connectivity index (χ3n) is 1.94. The van der Waals surface area contributed by atoms with E-state index in [1.165, 1.54) is 13.0 Å². The highest BCUT2D eigenvalue weighted by Crippen LogP contribution is 2.44. The van der Waals surface area contributed by atoms with Crippen molar-refractivity contribution < 1.29 is 9.90 Å². The van der Waals surface area contributed by atoms with Crippen molar-refractivity contribution in [2.24, 2.45) is 0 Å². The fourth-order valence-corrected chi connectivity index (χ4v) is 2.29. The van der Waals surface area contributed by atoms with Crippen molar-refractivity contribution in [2.75, 3.05) is 0 Å². The Balaban J connectivity index is 3.56. The number of hydrogen-bond donors (Lipinski definition) is 1. The molecule has 0 amide bonds. The zero-order valence-electron chi connectivity index (χ0n) is 8.32. The second-order valence-electron chi connectivity index (χ2n) is 3.12. The van der Waals surface area contributed by atoms with Gasteiger partial charge in [0.25, 0.3) is 0 Å². The van der Waals surface area contributed by atoms with Crippen LogP contribution in [0.15, 0.2) is 5.57 Å². The maximum absolute atomic E-state index is 10.7. The van der Waals surface area contributed by atoms with Crippen molar-refractivity contribution in [2.45, 2.75) is 6.92 Å². The number of carbonyl (C=O) groups is 1. The van der Waals surface area contributed by atoms with Gasteiger partial charge in [0.05, 0.1) is 25.1 Å². The monoisotopic (exact) mass is 332 g/mol. The molecule has 0 aliphatic carbocycles. The largest absolute Gasteiger partial charge is 0.478 e. The summed E-state index contributed by atoms with van der Waals surface area (Å²) in [4.78, 5) is 10.7. The standard InChI is InChI=1S/C10H5Cl5O2/c1-3(10(16)17)2-4-5(11)7(13)9(15)8(14)6(4)12/h2H,1H3,(H,16,17). The summed E-state index contributed by atoms with van der Waals surface area (Å²) >= 11 is 29.3. The molecule has 0 aliphatic heterocycles. The van der Waals surface area contributed by atoms with E-state index < -0.39 is 5.97 Å². The first-order valence-electron chi connectivity index (χ1n) is 4.20. The minimum Gasteiger partial charge on any atom is -0.478 e. The summed E-state index contributed by atoms with van der Waals surface area (Å²) in [5.74, 6) is -1.10. The molecule has 0 unspecified atom stereocenters. The van der Waals surface area contributed by atoms with Crippen molar-refractivity contribution >= 4 is 70.1 Å². The summed E-state index contributed by atoms with van der Waals surface area (Å²) in [6, 6.07) is 0. The van der Waals surface area contributed by atoms with Crippen molar-refractivity contribution in [3.8, 4) is 0 Å². The van der Waals surface area contributed by atoms with E-state index in [1.54, 1.807) is 0 Å². The highest BCUT2D eigenvalue weighted by atomic mass is 35.5. The molecule has 0 aliphatic rings. The van der Waals surface area contributed by atoms with E-state index in [0.717, 1.165) is 0 Å². The molecule has 0 saturated carbocycles. The molecule has 0 atom stereocenters. The van der Waals surface area contributed by atoms with Crippen LogP contribution in [0.1, 0.15) is 12.5 Å². The summed E-state index contributed by atoms with van der Waals surface area (Å²) in [6.07, 6.45) is 1.28. The molecule has 92 valence electrons. The van der Waals surface area contributed by atoms with Gasteiger partial charge in [0, 0.05) is 11.1 Å². The summed E-state index contributed by atoms with van der Waals surface area (Å²) in [7, 11) is 0. The molecular weight excluding hydrogens is 329 g/mol. The lowest BCUT2D eigenvalue weighted by Gasteiger charge is -2.09. The number of hydrogen-bond acceptors (Lipinski definition) is 1. The number of aliphatic carboxylic acids is 1. The summed E-state index contributed by atoms with van der Waals surface area (Å²) in [5, 5.41) is 9.00. The third-order valence-corrected chi connectivity index (χ3v) is 4.25. The first-order chi connectivity index (χ1) is 7.77. The minimum absolute atomic E-state index is 0.0344. The maximum atomic E-state index is 10.7. The first kappa shape index (κ1) is 14.9. The van der Waals surface area contributed by atoms with Crippen molar-refractivity contribution in [1.82, 2.24) is 0 Å². The number of carboxylic acids is 1. The van der Waals surface area contributed by atoms with Crippen LogP contribution in [0.4, 0.5) is 0 Å². The minimum atomic E-state index is -1.10. The van der Waals surface area contributed by atoms with E-state index in [-0.39, 0.29) is 36.2 Å². The van der Waals surface area contributed by atoms with Gasteiger partial charge >= 0.3 is 5.97 Å². The van der Waals surface area contributed by atoms with Gasteiger partial charge in [-0.2, -0.15) is 0 Å². The highest BCUT2D eigenvalue weighted by Gasteiger charge is 2.18. The van der Waals surface area contributed by atoms with Crippen LogP contribution in [-0.2, 0) is 4.79 Å². The summed E-state index contributed by atoms with van der Waals surface area (Å²) in [6.45, 7) is 1.39. The van der Waals surface area contributed by atoms with Gasteiger partial charge in [-0.3, -0.25) is 0 Å². The molecule has 0 radical (unpaired) electrons. The second-order valence-corrected chi connectivity index (χ2v) is 5.01. The zero-order valence-corrected chi connectivity index (χ0v) is 12.1. The third kappa shape index (κ3) is 3.01. The maximum Gasteiger partial charge on any atom is 0.331 e. The van der Waals surface area contributed by atoms with Crippen LogP contribution in [0, 0.1) is 0 Å². The van der Waals surface area contributed by atoms with E-state index in [9.17, 15) is 4.79 Å². The van der Waals surface area contributed by atoms with E-state index >= 15 is 0 Å². The van der Waals surface area contributed by atoms with Crippen LogP contribution in [0.5, 0.6) is 0 Å². The van der Waals surface area contributed by atoms with Crippen molar-refractivity contribution in [3.05, 3.63) is 36.2 Å². The van der Waals surface area contributed by atoms with E-state index in [4.69, 9.17) is 63.1 Å². The van der Waals surface area contributed by atoms with Gasteiger partial charge in [0.1, 0.15) is 0 Å². The van der Waals surface area contributed by atoms with Gasteiger partial charge in [-0.1, -0.05) is 58.0 Å². The van der Waals surface area contributed by atoms with E-state index in [1.807, 2.05) is 0 Å². The fourth-order valence-electron chi connectivity index (χ4n) is 1.03. The van der Waals surface area contributed by atoms with Gasteiger partial charge in [-0.15, -0.1) is 0 Å². The molecule has 1 aromatic rings. The molecule has 2 nitrogen and oxygen atoms in total. The Morgan fingerprint density at radius 2 is 1.29 bits per heavy atom. The van der Waals surface area contributed by atoms with Crippen LogP contribution in [-0.4, -0.2) is 11.1 Å². The van der Waals surface area contributed by atoms with Crippen molar-refractivity contribution in [1.29, 1.82) is 0 Å². The smallest absolute Gasteiger partial charge is 0.331 e. The topological polar surface area (TPSA) is 37.3 Å². The molecule has 7 heteroatoms.